The van der Waals surface area contributed by atoms with Crippen LogP contribution in [0, 0.1) is 0 Å². The zero-order valence-corrected chi connectivity index (χ0v) is 9.34. The van der Waals surface area contributed by atoms with E-state index in [0.29, 0.717) is 6.04 Å². The molecule has 1 aliphatic carbocycles. The number of aliphatic imine (C=N–C) groups is 1. The second-order valence-corrected chi connectivity index (χ2v) is 4.72. The summed E-state index contributed by atoms with van der Waals surface area (Å²) < 4.78 is 0. The second-order valence-electron chi connectivity index (χ2n) is 4.72. The highest BCUT2D eigenvalue weighted by Crippen LogP contribution is 2.22. The highest BCUT2D eigenvalue weighted by Gasteiger charge is 2.16. The van der Waals surface area contributed by atoms with Crippen molar-refractivity contribution >= 4 is 5.84 Å². The molecule has 0 unspecified atom stereocenters. The van der Waals surface area contributed by atoms with Crippen molar-refractivity contribution in [2.24, 2.45) is 4.99 Å². The molecule has 0 aromatic rings. The average Bonchev–Trinajstić information content (AvgIpc) is 2.23. The molecule has 1 aliphatic heterocycles. The fourth-order valence-corrected chi connectivity index (χ4v) is 2.54. The predicted octanol–water partition coefficient (Wildman–Crippen LogP) is 2.83. The fourth-order valence-electron chi connectivity index (χ4n) is 2.54. The summed E-state index contributed by atoms with van der Waals surface area (Å²) in [4.78, 5) is 7.28. The van der Waals surface area contributed by atoms with Crippen LogP contribution in [0.1, 0.15) is 51.4 Å². The van der Waals surface area contributed by atoms with E-state index >= 15 is 0 Å². The molecule has 1 saturated heterocycles. The minimum atomic E-state index is 0.652. The SMILES string of the molecule is CN1CCCC/C1=N\C1CCCCC1. The largest absolute Gasteiger partial charge is 0.363 e. The van der Waals surface area contributed by atoms with Crippen LogP contribution in [0.3, 0.4) is 0 Å². The Morgan fingerprint density at radius 1 is 1.07 bits per heavy atom. The summed E-state index contributed by atoms with van der Waals surface area (Å²) in [7, 11) is 2.20. The van der Waals surface area contributed by atoms with Crippen molar-refractivity contribution < 1.29 is 0 Å². The first-order chi connectivity index (χ1) is 6.86. The van der Waals surface area contributed by atoms with Crippen molar-refractivity contribution in [3.63, 3.8) is 0 Å². The molecule has 0 radical (unpaired) electrons. The molecule has 0 bridgehead atoms. The van der Waals surface area contributed by atoms with Crippen LogP contribution < -0.4 is 0 Å². The lowest BCUT2D eigenvalue weighted by atomic mass is 9.96. The Labute approximate surface area is 87.4 Å². The maximum Gasteiger partial charge on any atom is 0.0989 e. The molecule has 2 aliphatic rings. The van der Waals surface area contributed by atoms with E-state index < -0.39 is 0 Å². The quantitative estimate of drug-likeness (QED) is 0.626. The Kier molecular flexibility index (Phi) is 3.44. The number of amidine groups is 1. The normalized spacial score (nSPS) is 28.4. The summed E-state index contributed by atoms with van der Waals surface area (Å²) in [5.74, 6) is 1.38. The van der Waals surface area contributed by atoms with Gasteiger partial charge >= 0.3 is 0 Å². The number of nitrogens with zero attached hydrogens (tertiary/aromatic N) is 2. The topological polar surface area (TPSA) is 15.6 Å². The second kappa shape index (κ2) is 4.81. The summed E-state index contributed by atoms with van der Waals surface area (Å²) in [5.41, 5.74) is 0. The molecular formula is C12H22N2. The zero-order chi connectivity index (χ0) is 9.80. The van der Waals surface area contributed by atoms with Crippen molar-refractivity contribution in [1.29, 1.82) is 0 Å². The van der Waals surface area contributed by atoms with Gasteiger partial charge in [-0.15, -0.1) is 0 Å². The summed E-state index contributed by atoms with van der Waals surface area (Å²) in [6.07, 6.45) is 10.8. The zero-order valence-electron chi connectivity index (χ0n) is 9.34. The van der Waals surface area contributed by atoms with Crippen molar-refractivity contribution in [2.75, 3.05) is 13.6 Å². The van der Waals surface area contributed by atoms with E-state index in [-0.39, 0.29) is 0 Å². The van der Waals surface area contributed by atoms with Gasteiger partial charge in [-0.05, 0) is 25.7 Å². The maximum absolute atomic E-state index is 4.92. The third-order valence-electron chi connectivity index (χ3n) is 3.49. The van der Waals surface area contributed by atoms with Crippen LogP contribution in [0.5, 0.6) is 0 Å². The van der Waals surface area contributed by atoms with Gasteiger partial charge in [-0.3, -0.25) is 4.99 Å². The van der Waals surface area contributed by atoms with E-state index in [4.69, 9.17) is 4.99 Å². The highest BCUT2D eigenvalue weighted by molar-refractivity contribution is 5.82. The Bertz CT molecular complexity index is 204. The predicted molar refractivity (Wildman–Crippen MR) is 60.8 cm³/mol. The van der Waals surface area contributed by atoms with E-state index in [0.717, 1.165) is 0 Å². The first-order valence-electron chi connectivity index (χ1n) is 6.14. The van der Waals surface area contributed by atoms with Crippen LogP contribution >= 0.6 is 0 Å². The molecule has 0 aromatic carbocycles. The number of hydrogen-bond donors (Lipinski definition) is 0. The van der Waals surface area contributed by atoms with Gasteiger partial charge in [-0.25, -0.2) is 0 Å². The molecule has 0 spiro atoms. The molecule has 0 aromatic heterocycles. The van der Waals surface area contributed by atoms with Gasteiger partial charge in [-0.1, -0.05) is 19.3 Å². The summed E-state index contributed by atoms with van der Waals surface area (Å²) in [6, 6.07) is 0.652. The van der Waals surface area contributed by atoms with E-state index in [2.05, 4.69) is 11.9 Å². The van der Waals surface area contributed by atoms with Gasteiger partial charge in [0.15, 0.2) is 0 Å². The third-order valence-corrected chi connectivity index (χ3v) is 3.49. The van der Waals surface area contributed by atoms with Crippen LogP contribution in [0.15, 0.2) is 4.99 Å². The first-order valence-corrected chi connectivity index (χ1v) is 6.14. The fraction of sp³-hybridized carbons (Fsp3) is 0.917. The Hall–Kier alpha value is -0.530. The molecule has 1 heterocycles. The number of hydrogen-bond acceptors (Lipinski definition) is 1. The number of likely N-dealkylation sites (tertiary alicyclic amines) is 1. The molecular weight excluding hydrogens is 172 g/mol. The van der Waals surface area contributed by atoms with Gasteiger partial charge in [-0.2, -0.15) is 0 Å². The molecule has 80 valence electrons. The van der Waals surface area contributed by atoms with Gasteiger partial charge in [0.25, 0.3) is 0 Å². The van der Waals surface area contributed by atoms with Gasteiger partial charge < -0.3 is 4.90 Å². The van der Waals surface area contributed by atoms with Gasteiger partial charge in [0, 0.05) is 20.0 Å². The minimum absolute atomic E-state index is 0.652. The van der Waals surface area contributed by atoms with E-state index in [1.165, 1.54) is 63.7 Å². The van der Waals surface area contributed by atoms with E-state index in [9.17, 15) is 0 Å². The van der Waals surface area contributed by atoms with Crippen molar-refractivity contribution in [1.82, 2.24) is 4.90 Å². The Morgan fingerprint density at radius 2 is 1.86 bits per heavy atom. The standard InChI is InChI=1S/C12H22N2/c1-14-10-6-5-9-12(14)13-11-7-3-2-4-8-11/h11H,2-10H2,1H3/b13-12+. The van der Waals surface area contributed by atoms with Gasteiger partial charge in [0.05, 0.1) is 11.9 Å². The number of rotatable bonds is 1. The van der Waals surface area contributed by atoms with Crippen LogP contribution in [0.25, 0.3) is 0 Å². The summed E-state index contributed by atoms with van der Waals surface area (Å²) >= 11 is 0. The van der Waals surface area contributed by atoms with Crippen molar-refractivity contribution in [3.05, 3.63) is 0 Å². The van der Waals surface area contributed by atoms with Gasteiger partial charge in [0.1, 0.15) is 0 Å². The lowest BCUT2D eigenvalue weighted by Crippen LogP contribution is -2.33. The molecule has 1 saturated carbocycles. The van der Waals surface area contributed by atoms with Crippen LogP contribution in [-0.2, 0) is 0 Å². The molecule has 2 heteroatoms. The first kappa shape index (κ1) is 10.0. The third kappa shape index (κ3) is 2.49. The summed E-state index contributed by atoms with van der Waals surface area (Å²) in [6.45, 7) is 1.21. The molecule has 2 rings (SSSR count). The maximum atomic E-state index is 4.92. The lowest BCUT2D eigenvalue weighted by molar-refractivity contribution is 0.406. The molecule has 14 heavy (non-hydrogen) atoms. The monoisotopic (exact) mass is 194 g/mol. The smallest absolute Gasteiger partial charge is 0.0989 e. The van der Waals surface area contributed by atoms with Crippen molar-refractivity contribution in [3.8, 4) is 0 Å². The van der Waals surface area contributed by atoms with Crippen molar-refractivity contribution in [2.45, 2.75) is 57.4 Å². The Morgan fingerprint density at radius 3 is 2.57 bits per heavy atom. The minimum Gasteiger partial charge on any atom is -0.363 e. The number of piperidine rings is 1. The van der Waals surface area contributed by atoms with E-state index in [1.54, 1.807) is 0 Å². The van der Waals surface area contributed by atoms with Crippen LogP contribution in [-0.4, -0.2) is 30.4 Å². The summed E-state index contributed by atoms with van der Waals surface area (Å²) in [5, 5.41) is 0. The molecule has 2 fully saturated rings. The molecule has 0 N–H and O–H groups in total. The van der Waals surface area contributed by atoms with Gasteiger partial charge in [0.2, 0.25) is 0 Å². The van der Waals surface area contributed by atoms with E-state index in [1.807, 2.05) is 0 Å². The molecule has 2 nitrogen and oxygen atoms in total. The average molecular weight is 194 g/mol. The van der Waals surface area contributed by atoms with Crippen LogP contribution in [0.4, 0.5) is 0 Å². The lowest BCUT2D eigenvalue weighted by Gasteiger charge is -2.28. The molecule has 0 atom stereocenters. The Balaban J connectivity index is 1.93. The highest BCUT2D eigenvalue weighted by atomic mass is 15.2. The van der Waals surface area contributed by atoms with Crippen LogP contribution in [0.2, 0.25) is 0 Å². The molecule has 0 amide bonds.